The van der Waals surface area contributed by atoms with Crippen LogP contribution in [0.2, 0.25) is 0 Å². The molecule has 1 aromatic carbocycles. The molecule has 0 aliphatic carbocycles. The molecule has 0 aromatic heterocycles. The van der Waals surface area contributed by atoms with Gasteiger partial charge in [-0.25, -0.2) is 4.79 Å². The third-order valence-corrected chi connectivity index (χ3v) is 6.13. The molecule has 7 nitrogen and oxygen atoms in total. The third-order valence-electron chi connectivity index (χ3n) is 6.13. The summed E-state index contributed by atoms with van der Waals surface area (Å²) >= 11 is 0. The van der Waals surface area contributed by atoms with Crippen LogP contribution in [-0.2, 0) is 9.53 Å². The first-order valence-electron chi connectivity index (χ1n) is 11.5. The highest BCUT2D eigenvalue weighted by molar-refractivity contribution is 5.94. The maximum absolute atomic E-state index is 13.1. The van der Waals surface area contributed by atoms with Gasteiger partial charge in [-0.3, -0.25) is 9.59 Å². The fourth-order valence-electron chi connectivity index (χ4n) is 4.46. The Morgan fingerprint density at radius 1 is 1.10 bits per heavy atom. The standard InChI is InChI=1S/C24H35N3O4/c1-4-31-23(29)18-10-13-26(14-11-18)22(28)20-8-5-7-19(15-20)21-9-6-12-27(16-21)24(30)25-17(2)3/h5,7-8,15,17-18,21H,4,6,9-14,16H2,1-3H3,(H,25,30). The maximum Gasteiger partial charge on any atom is 0.317 e. The average molecular weight is 430 g/mol. The summed E-state index contributed by atoms with van der Waals surface area (Å²) in [6.07, 6.45) is 3.25. The van der Waals surface area contributed by atoms with Gasteiger partial charge in [-0.15, -0.1) is 0 Å². The van der Waals surface area contributed by atoms with E-state index in [4.69, 9.17) is 4.74 Å². The lowest BCUT2D eigenvalue weighted by Gasteiger charge is -2.34. The Labute approximate surface area is 185 Å². The Bertz CT molecular complexity index is 787. The predicted molar refractivity (Wildman–Crippen MR) is 119 cm³/mol. The molecule has 1 unspecified atom stereocenters. The largest absolute Gasteiger partial charge is 0.466 e. The van der Waals surface area contributed by atoms with Crippen molar-refractivity contribution >= 4 is 17.9 Å². The van der Waals surface area contributed by atoms with Crippen LogP contribution < -0.4 is 5.32 Å². The lowest BCUT2D eigenvalue weighted by molar-refractivity contribution is -0.149. The molecule has 3 rings (SSSR count). The number of hydrogen-bond donors (Lipinski definition) is 1. The smallest absolute Gasteiger partial charge is 0.317 e. The van der Waals surface area contributed by atoms with E-state index >= 15 is 0 Å². The highest BCUT2D eigenvalue weighted by atomic mass is 16.5. The van der Waals surface area contributed by atoms with E-state index in [0.717, 1.165) is 24.9 Å². The molecule has 2 aliphatic rings. The number of ether oxygens (including phenoxy) is 1. The van der Waals surface area contributed by atoms with Crippen molar-refractivity contribution in [2.24, 2.45) is 5.92 Å². The SMILES string of the molecule is CCOC(=O)C1CCN(C(=O)c2cccc(C3CCCN(C(=O)NC(C)C)C3)c2)CC1. The fraction of sp³-hybridized carbons (Fsp3) is 0.625. The lowest BCUT2D eigenvalue weighted by atomic mass is 9.89. The summed E-state index contributed by atoms with van der Waals surface area (Å²) < 4.78 is 5.12. The van der Waals surface area contributed by atoms with E-state index in [0.29, 0.717) is 44.6 Å². The molecule has 7 heteroatoms. The Kier molecular flexibility index (Phi) is 7.93. The van der Waals surface area contributed by atoms with E-state index in [1.165, 1.54) is 0 Å². The van der Waals surface area contributed by atoms with E-state index in [1.54, 1.807) is 0 Å². The number of likely N-dealkylation sites (tertiary alicyclic amines) is 2. The first-order valence-corrected chi connectivity index (χ1v) is 11.5. The predicted octanol–water partition coefficient (Wildman–Crippen LogP) is 3.40. The molecular formula is C24H35N3O4. The van der Waals surface area contributed by atoms with Crippen LogP contribution in [0.25, 0.3) is 0 Å². The van der Waals surface area contributed by atoms with Crippen molar-refractivity contribution in [3.8, 4) is 0 Å². The molecule has 3 amide bonds. The van der Waals surface area contributed by atoms with E-state index in [-0.39, 0.29) is 35.8 Å². The molecule has 1 aromatic rings. The number of amides is 3. The van der Waals surface area contributed by atoms with Gasteiger partial charge in [-0.05, 0) is 64.2 Å². The van der Waals surface area contributed by atoms with Gasteiger partial charge in [0, 0.05) is 43.7 Å². The van der Waals surface area contributed by atoms with E-state index in [1.807, 2.05) is 48.8 Å². The summed E-state index contributed by atoms with van der Waals surface area (Å²) in [5.41, 5.74) is 1.78. The Morgan fingerprint density at radius 3 is 2.52 bits per heavy atom. The van der Waals surface area contributed by atoms with Gasteiger partial charge in [0.15, 0.2) is 0 Å². The van der Waals surface area contributed by atoms with Crippen molar-refractivity contribution in [1.29, 1.82) is 0 Å². The number of hydrogen-bond acceptors (Lipinski definition) is 4. The summed E-state index contributed by atoms with van der Waals surface area (Å²) in [4.78, 5) is 41.1. The summed E-state index contributed by atoms with van der Waals surface area (Å²) in [5.74, 6) is -0.0242. The molecule has 2 fully saturated rings. The molecule has 0 saturated carbocycles. The summed E-state index contributed by atoms with van der Waals surface area (Å²) in [6, 6.07) is 7.92. The summed E-state index contributed by atoms with van der Waals surface area (Å²) in [6.45, 7) is 8.70. The fourth-order valence-corrected chi connectivity index (χ4v) is 4.46. The van der Waals surface area contributed by atoms with Gasteiger partial charge >= 0.3 is 12.0 Å². The number of carbonyl (C=O) groups excluding carboxylic acids is 3. The minimum Gasteiger partial charge on any atom is -0.466 e. The van der Waals surface area contributed by atoms with Crippen LogP contribution in [-0.4, -0.2) is 66.5 Å². The van der Waals surface area contributed by atoms with Crippen molar-refractivity contribution in [3.63, 3.8) is 0 Å². The molecule has 0 radical (unpaired) electrons. The Balaban J connectivity index is 1.61. The summed E-state index contributed by atoms with van der Waals surface area (Å²) in [7, 11) is 0. The van der Waals surface area contributed by atoms with Crippen LogP contribution in [0, 0.1) is 5.92 Å². The van der Waals surface area contributed by atoms with Gasteiger partial charge in [-0.1, -0.05) is 12.1 Å². The van der Waals surface area contributed by atoms with Crippen molar-refractivity contribution < 1.29 is 19.1 Å². The number of rotatable bonds is 5. The number of carbonyl (C=O) groups is 3. The number of benzene rings is 1. The second-order valence-electron chi connectivity index (χ2n) is 8.83. The van der Waals surface area contributed by atoms with Crippen LogP contribution in [0.15, 0.2) is 24.3 Å². The van der Waals surface area contributed by atoms with E-state index in [2.05, 4.69) is 11.4 Å². The van der Waals surface area contributed by atoms with Gasteiger partial charge in [0.05, 0.1) is 12.5 Å². The molecule has 2 saturated heterocycles. The Hall–Kier alpha value is -2.57. The number of piperidine rings is 2. The van der Waals surface area contributed by atoms with Gasteiger partial charge in [0.25, 0.3) is 5.91 Å². The summed E-state index contributed by atoms with van der Waals surface area (Å²) in [5, 5.41) is 2.97. The second-order valence-corrected chi connectivity index (χ2v) is 8.83. The van der Waals surface area contributed by atoms with Crippen LogP contribution in [0.3, 0.4) is 0 Å². The van der Waals surface area contributed by atoms with Crippen LogP contribution >= 0.6 is 0 Å². The molecule has 1 N–H and O–H groups in total. The minimum absolute atomic E-state index is 0.00868. The first-order chi connectivity index (χ1) is 14.9. The number of nitrogens with zero attached hydrogens (tertiary/aromatic N) is 2. The van der Waals surface area contributed by atoms with Crippen molar-refractivity contribution in [3.05, 3.63) is 35.4 Å². The highest BCUT2D eigenvalue weighted by Crippen LogP contribution is 2.28. The van der Waals surface area contributed by atoms with Crippen LogP contribution in [0.4, 0.5) is 4.79 Å². The zero-order chi connectivity index (χ0) is 22.4. The molecule has 0 spiro atoms. The van der Waals surface area contributed by atoms with Crippen molar-refractivity contribution in [2.75, 3.05) is 32.8 Å². The zero-order valence-corrected chi connectivity index (χ0v) is 18.9. The number of urea groups is 1. The van der Waals surface area contributed by atoms with Gasteiger partial charge in [0.2, 0.25) is 0 Å². The minimum atomic E-state index is -0.153. The van der Waals surface area contributed by atoms with Crippen LogP contribution in [0.5, 0.6) is 0 Å². The molecular weight excluding hydrogens is 394 g/mol. The van der Waals surface area contributed by atoms with E-state index < -0.39 is 0 Å². The monoisotopic (exact) mass is 429 g/mol. The molecule has 2 heterocycles. The highest BCUT2D eigenvalue weighted by Gasteiger charge is 2.29. The molecule has 31 heavy (non-hydrogen) atoms. The van der Waals surface area contributed by atoms with Crippen molar-refractivity contribution in [1.82, 2.24) is 15.1 Å². The van der Waals surface area contributed by atoms with E-state index in [9.17, 15) is 14.4 Å². The van der Waals surface area contributed by atoms with Gasteiger partial charge in [0.1, 0.15) is 0 Å². The lowest BCUT2D eigenvalue weighted by Crippen LogP contribution is -2.47. The zero-order valence-electron chi connectivity index (χ0n) is 18.9. The number of esters is 1. The molecule has 170 valence electrons. The first kappa shape index (κ1) is 23.1. The van der Waals surface area contributed by atoms with Crippen LogP contribution in [0.1, 0.15) is 68.3 Å². The average Bonchev–Trinajstić information content (AvgIpc) is 2.78. The molecule has 1 atom stereocenters. The molecule has 2 aliphatic heterocycles. The number of nitrogens with one attached hydrogen (secondary N) is 1. The third kappa shape index (κ3) is 5.99. The second kappa shape index (κ2) is 10.6. The van der Waals surface area contributed by atoms with Gasteiger partial charge < -0.3 is 19.9 Å². The maximum atomic E-state index is 13.1. The normalized spacial score (nSPS) is 19.9. The van der Waals surface area contributed by atoms with Gasteiger partial charge in [-0.2, -0.15) is 0 Å². The molecule has 0 bridgehead atoms. The van der Waals surface area contributed by atoms with Crippen molar-refractivity contribution in [2.45, 2.75) is 58.4 Å². The quantitative estimate of drug-likeness (QED) is 0.728. The Morgan fingerprint density at radius 2 is 1.84 bits per heavy atom. The topological polar surface area (TPSA) is 79.0 Å².